The van der Waals surface area contributed by atoms with Crippen LogP contribution in [-0.4, -0.2) is 12.6 Å². The van der Waals surface area contributed by atoms with Gasteiger partial charge in [0, 0.05) is 18.5 Å². The maximum absolute atomic E-state index is 3.85. The Morgan fingerprint density at radius 2 is 2.00 bits per heavy atom. The lowest BCUT2D eigenvalue weighted by atomic mass is 9.77. The minimum Gasteiger partial charge on any atom is -0.313 e. The van der Waals surface area contributed by atoms with Crippen LogP contribution in [0, 0.1) is 5.92 Å². The zero-order chi connectivity index (χ0) is 13.1. The van der Waals surface area contributed by atoms with Crippen LogP contribution in [0.3, 0.4) is 0 Å². The van der Waals surface area contributed by atoms with E-state index in [0.717, 1.165) is 17.9 Å². The molecule has 2 aliphatic rings. The fraction of sp³-hybridized carbons (Fsp3) is 0.667. The highest BCUT2D eigenvalue weighted by Crippen LogP contribution is 2.34. The van der Waals surface area contributed by atoms with Crippen LogP contribution in [0.1, 0.15) is 62.5 Å². The molecule has 1 aromatic rings. The van der Waals surface area contributed by atoms with E-state index in [1.807, 2.05) is 0 Å². The van der Waals surface area contributed by atoms with Gasteiger partial charge in [0.05, 0.1) is 0 Å². The van der Waals surface area contributed by atoms with E-state index < -0.39 is 0 Å². The van der Waals surface area contributed by atoms with Gasteiger partial charge in [0.15, 0.2) is 0 Å². The predicted molar refractivity (Wildman–Crippen MR) is 81.5 cm³/mol. The van der Waals surface area contributed by atoms with Crippen LogP contribution in [0.4, 0.5) is 0 Å². The second-order valence-corrected chi connectivity index (χ2v) is 6.49. The summed E-state index contributed by atoms with van der Waals surface area (Å²) >= 11 is 0. The first-order valence-corrected chi connectivity index (χ1v) is 8.18. The molecule has 1 aromatic carbocycles. The maximum atomic E-state index is 3.85. The van der Waals surface area contributed by atoms with Crippen LogP contribution in [0.2, 0.25) is 0 Å². The predicted octanol–water partition coefficient (Wildman–Crippen LogP) is 4.27. The van der Waals surface area contributed by atoms with E-state index in [1.54, 1.807) is 11.1 Å². The van der Waals surface area contributed by atoms with Gasteiger partial charge in [0.2, 0.25) is 0 Å². The van der Waals surface area contributed by atoms with Crippen molar-refractivity contribution in [2.24, 2.45) is 5.92 Å². The third-order valence-electron chi connectivity index (χ3n) is 5.28. The smallest absolute Gasteiger partial charge is 0.00674 e. The molecule has 0 amide bonds. The van der Waals surface area contributed by atoms with E-state index in [2.05, 4.69) is 36.5 Å². The highest BCUT2D eigenvalue weighted by atomic mass is 14.9. The number of rotatable bonds is 4. The van der Waals surface area contributed by atoms with Crippen molar-refractivity contribution in [3.8, 4) is 0 Å². The summed E-state index contributed by atoms with van der Waals surface area (Å²) in [6, 6.07) is 9.72. The maximum Gasteiger partial charge on any atom is 0.00674 e. The molecule has 2 aliphatic carbocycles. The SMILES string of the molecule is CCC1CCCC(NCC2Cc3ccccc32)CC1. The zero-order valence-electron chi connectivity index (χ0n) is 12.2. The molecule has 0 spiro atoms. The quantitative estimate of drug-likeness (QED) is 0.794. The van der Waals surface area contributed by atoms with Gasteiger partial charge in [-0.1, -0.05) is 50.5 Å². The number of nitrogens with one attached hydrogen (secondary N) is 1. The number of benzene rings is 1. The Labute approximate surface area is 117 Å². The van der Waals surface area contributed by atoms with Crippen molar-refractivity contribution in [1.29, 1.82) is 0 Å². The lowest BCUT2D eigenvalue weighted by molar-refractivity contribution is 0.409. The molecule has 3 atom stereocenters. The molecule has 1 nitrogen and oxygen atoms in total. The van der Waals surface area contributed by atoms with Crippen molar-refractivity contribution in [2.75, 3.05) is 6.54 Å². The van der Waals surface area contributed by atoms with Crippen LogP contribution in [0.25, 0.3) is 0 Å². The van der Waals surface area contributed by atoms with E-state index in [-0.39, 0.29) is 0 Å². The summed E-state index contributed by atoms with van der Waals surface area (Å²) in [6.45, 7) is 3.54. The molecule has 3 unspecified atom stereocenters. The summed E-state index contributed by atoms with van der Waals surface area (Å²) in [5.41, 5.74) is 3.16. The first-order chi connectivity index (χ1) is 9.36. The molecule has 1 fully saturated rings. The fourth-order valence-electron chi connectivity index (χ4n) is 3.84. The van der Waals surface area contributed by atoms with Crippen LogP contribution in [-0.2, 0) is 6.42 Å². The molecule has 0 saturated heterocycles. The summed E-state index contributed by atoms with van der Waals surface area (Å²) in [5, 5.41) is 3.85. The molecular weight excluding hydrogens is 230 g/mol. The molecule has 19 heavy (non-hydrogen) atoms. The summed E-state index contributed by atoms with van der Waals surface area (Å²) in [7, 11) is 0. The lowest BCUT2D eigenvalue weighted by Crippen LogP contribution is -2.35. The molecule has 104 valence electrons. The number of hydrogen-bond acceptors (Lipinski definition) is 1. The molecule has 0 aliphatic heterocycles. The summed E-state index contributed by atoms with van der Waals surface area (Å²) in [5.74, 6) is 1.78. The Kier molecular flexibility index (Phi) is 4.22. The fourth-order valence-corrected chi connectivity index (χ4v) is 3.84. The van der Waals surface area contributed by atoms with Crippen molar-refractivity contribution in [3.63, 3.8) is 0 Å². The van der Waals surface area contributed by atoms with E-state index >= 15 is 0 Å². The minimum atomic E-state index is 0.779. The van der Waals surface area contributed by atoms with E-state index in [0.29, 0.717) is 0 Å². The Morgan fingerprint density at radius 1 is 1.11 bits per heavy atom. The molecule has 3 rings (SSSR count). The molecule has 1 saturated carbocycles. The van der Waals surface area contributed by atoms with Crippen molar-refractivity contribution in [1.82, 2.24) is 5.32 Å². The molecule has 0 radical (unpaired) electrons. The topological polar surface area (TPSA) is 12.0 Å². The van der Waals surface area contributed by atoms with E-state index in [4.69, 9.17) is 0 Å². The van der Waals surface area contributed by atoms with Crippen molar-refractivity contribution < 1.29 is 0 Å². The monoisotopic (exact) mass is 257 g/mol. The van der Waals surface area contributed by atoms with Gasteiger partial charge in [-0.25, -0.2) is 0 Å². The van der Waals surface area contributed by atoms with Gasteiger partial charge in [0.25, 0.3) is 0 Å². The average molecular weight is 257 g/mol. The molecule has 0 heterocycles. The van der Waals surface area contributed by atoms with Crippen LogP contribution >= 0.6 is 0 Å². The van der Waals surface area contributed by atoms with Gasteiger partial charge < -0.3 is 5.32 Å². The van der Waals surface area contributed by atoms with Gasteiger partial charge in [-0.15, -0.1) is 0 Å². The second kappa shape index (κ2) is 6.09. The standard InChI is InChI=1S/C18H27N/c1-2-14-6-5-8-17(11-10-14)19-13-16-12-15-7-3-4-9-18(15)16/h3-4,7,9,14,16-17,19H,2,5-6,8,10-13H2,1H3. The number of fused-ring (bicyclic) bond motifs is 1. The average Bonchev–Trinajstić information content (AvgIpc) is 2.65. The first-order valence-electron chi connectivity index (χ1n) is 8.18. The van der Waals surface area contributed by atoms with Crippen molar-refractivity contribution in [2.45, 2.75) is 63.8 Å². The van der Waals surface area contributed by atoms with Gasteiger partial charge in [-0.2, -0.15) is 0 Å². The van der Waals surface area contributed by atoms with Gasteiger partial charge in [-0.05, 0) is 42.7 Å². The van der Waals surface area contributed by atoms with E-state index in [9.17, 15) is 0 Å². The van der Waals surface area contributed by atoms with Crippen LogP contribution in [0.15, 0.2) is 24.3 Å². The zero-order valence-corrected chi connectivity index (χ0v) is 12.2. The molecule has 0 aromatic heterocycles. The Hall–Kier alpha value is -0.820. The molecule has 1 N–H and O–H groups in total. The Balaban J connectivity index is 1.46. The van der Waals surface area contributed by atoms with Crippen LogP contribution < -0.4 is 5.32 Å². The second-order valence-electron chi connectivity index (χ2n) is 6.49. The van der Waals surface area contributed by atoms with E-state index in [1.165, 1.54) is 51.5 Å². The van der Waals surface area contributed by atoms with Crippen LogP contribution in [0.5, 0.6) is 0 Å². The highest BCUT2D eigenvalue weighted by molar-refractivity contribution is 5.40. The Morgan fingerprint density at radius 3 is 2.84 bits per heavy atom. The van der Waals surface area contributed by atoms with Crippen molar-refractivity contribution in [3.05, 3.63) is 35.4 Å². The molecule has 0 bridgehead atoms. The van der Waals surface area contributed by atoms with Gasteiger partial charge >= 0.3 is 0 Å². The number of hydrogen-bond donors (Lipinski definition) is 1. The summed E-state index contributed by atoms with van der Waals surface area (Å²) in [6.07, 6.45) is 9.78. The van der Waals surface area contributed by atoms with Gasteiger partial charge in [-0.3, -0.25) is 0 Å². The van der Waals surface area contributed by atoms with Crippen molar-refractivity contribution >= 4 is 0 Å². The normalized spacial score (nSPS) is 30.3. The third-order valence-corrected chi connectivity index (χ3v) is 5.28. The minimum absolute atomic E-state index is 0.779. The highest BCUT2D eigenvalue weighted by Gasteiger charge is 2.26. The van der Waals surface area contributed by atoms with Gasteiger partial charge in [0.1, 0.15) is 0 Å². The largest absolute Gasteiger partial charge is 0.313 e. The lowest BCUT2D eigenvalue weighted by Gasteiger charge is -2.31. The third kappa shape index (κ3) is 3.02. The molecule has 1 heteroatoms. The first kappa shape index (κ1) is 13.2. The molecular formula is C18H27N. The Bertz CT molecular complexity index is 412. The summed E-state index contributed by atoms with van der Waals surface area (Å²) < 4.78 is 0. The summed E-state index contributed by atoms with van der Waals surface area (Å²) in [4.78, 5) is 0.